The minimum absolute atomic E-state index is 0. The molecule has 9 heavy (non-hydrogen) atoms. The molecule has 0 spiro atoms. The minimum Gasteiger partial charge on any atom is -2.00 e. The first-order chi connectivity index (χ1) is 0. The van der Waals surface area contributed by atoms with E-state index in [-0.39, 0.29) is 114 Å². The standard InChI is InChI=1S/2Bi.2Mn.5O/q2*+3;2*+2;5*-2. The summed E-state index contributed by atoms with van der Waals surface area (Å²) in [7, 11) is 0. The summed E-state index contributed by atoms with van der Waals surface area (Å²) in [5.41, 5.74) is 0. The zero-order valence-corrected chi connectivity index (χ0v) is 13.0. The van der Waals surface area contributed by atoms with E-state index in [9.17, 15) is 0 Å². The fourth-order valence-electron chi connectivity index (χ4n) is 0. The van der Waals surface area contributed by atoms with Crippen molar-refractivity contribution in [2.45, 2.75) is 0 Å². The molecule has 0 atom stereocenters. The fourth-order valence-corrected chi connectivity index (χ4v) is 0. The number of rotatable bonds is 0. The molecule has 0 bridgehead atoms. The maximum Gasteiger partial charge on any atom is 3.00 e. The summed E-state index contributed by atoms with van der Waals surface area (Å²) in [6.07, 6.45) is 0. The molecule has 0 amide bonds. The van der Waals surface area contributed by atoms with Crippen molar-refractivity contribution in [2.24, 2.45) is 0 Å². The Morgan fingerprint density at radius 2 is 0.333 bits per heavy atom. The normalized spacial score (nSPS) is 0. The Morgan fingerprint density at radius 3 is 0.333 bits per heavy atom. The predicted molar refractivity (Wildman–Crippen MR) is 14.9 cm³/mol. The molecular formula is Bi2Mn2O5. The minimum atomic E-state index is 0. The molecule has 54 valence electrons. The van der Waals surface area contributed by atoms with Crippen molar-refractivity contribution in [3.8, 4) is 0 Å². The van der Waals surface area contributed by atoms with Crippen LogP contribution in [0.5, 0.6) is 0 Å². The Balaban J connectivity index is 0. The molecule has 0 unspecified atom stereocenters. The molecule has 0 aromatic rings. The van der Waals surface area contributed by atoms with Gasteiger partial charge in [0, 0.05) is 0 Å². The second-order valence-corrected chi connectivity index (χ2v) is 0. The van der Waals surface area contributed by atoms with Gasteiger partial charge in [0.05, 0.1) is 0 Å². The molecule has 0 fully saturated rings. The number of hydrogen-bond donors (Lipinski definition) is 0. The average molecular weight is 608 g/mol. The number of hydrogen-bond acceptors (Lipinski definition) is 0. The van der Waals surface area contributed by atoms with Crippen molar-refractivity contribution in [1.29, 1.82) is 0 Å². The van der Waals surface area contributed by atoms with Crippen LogP contribution in [0.4, 0.5) is 0 Å². The smallest absolute Gasteiger partial charge is 2.00 e. The zero-order valence-electron chi connectivity index (χ0n) is 3.69. The van der Waals surface area contributed by atoms with Gasteiger partial charge in [0.15, 0.2) is 0 Å². The molecule has 0 aliphatic rings. The second kappa shape index (κ2) is 144. The fraction of sp³-hybridized carbons (Fsp3) is 0. The third-order valence-corrected chi connectivity index (χ3v) is 0. The molecule has 5 nitrogen and oxygen atoms in total. The molecule has 0 saturated carbocycles. The van der Waals surface area contributed by atoms with E-state index in [4.69, 9.17) is 0 Å². The van der Waals surface area contributed by atoms with Gasteiger partial charge < -0.3 is 27.4 Å². The maximum absolute atomic E-state index is 0. The Labute approximate surface area is 112 Å². The van der Waals surface area contributed by atoms with Crippen LogP contribution < -0.4 is 0 Å². The molecule has 9 heteroatoms. The van der Waals surface area contributed by atoms with E-state index in [2.05, 4.69) is 0 Å². The van der Waals surface area contributed by atoms with E-state index >= 15 is 0 Å². The summed E-state index contributed by atoms with van der Waals surface area (Å²) in [5, 5.41) is 0. The quantitative estimate of drug-likeness (QED) is 0.300. The van der Waals surface area contributed by atoms with Crippen LogP contribution in [-0.4, -0.2) is 52.4 Å². The first kappa shape index (κ1) is 192. The summed E-state index contributed by atoms with van der Waals surface area (Å²) >= 11 is 0. The van der Waals surface area contributed by atoms with E-state index in [1.54, 1.807) is 0 Å². The molecule has 0 N–H and O–H groups in total. The van der Waals surface area contributed by atoms with Gasteiger partial charge >= 0.3 is 86.5 Å². The van der Waals surface area contributed by atoms with E-state index in [1.807, 2.05) is 0 Å². The van der Waals surface area contributed by atoms with Crippen LogP contribution in [0.3, 0.4) is 0 Å². The predicted octanol–water partition coefficient (Wildman–Crippen LogP) is -1.36. The summed E-state index contributed by atoms with van der Waals surface area (Å²) in [6, 6.07) is 0. The third kappa shape index (κ3) is 116. The molecule has 0 aliphatic carbocycles. The SMILES string of the molecule is [Bi+3].[Bi+3].[Mn+2].[Mn+2].[O-2].[O-2].[O-2].[O-2].[O-2]. The first-order valence-corrected chi connectivity index (χ1v) is 0. The van der Waals surface area contributed by atoms with Gasteiger partial charge in [-0.3, -0.25) is 0 Å². The van der Waals surface area contributed by atoms with Gasteiger partial charge in [-0.1, -0.05) is 0 Å². The Morgan fingerprint density at radius 1 is 0.333 bits per heavy atom. The molecule has 0 heterocycles. The van der Waals surface area contributed by atoms with E-state index in [0.717, 1.165) is 0 Å². The van der Waals surface area contributed by atoms with Gasteiger partial charge in [0.25, 0.3) is 0 Å². The van der Waals surface area contributed by atoms with Gasteiger partial charge in [-0.15, -0.1) is 0 Å². The van der Waals surface area contributed by atoms with Crippen LogP contribution in [0.15, 0.2) is 0 Å². The van der Waals surface area contributed by atoms with Crippen molar-refractivity contribution >= 4 is 52.4 Å². The molecule has 0 saturated heterocycles. The largest absolute Gasteiger partial charge is 3.00 e. The van der Waals surface area contributed by atoms with Crippen molar-refractivity contribution in [1.82, 2.24) is 0 Å². The Hall–Kier alpha value is 2.61. The monoisotopic (exact) mass is 608 g/mol. The summed E-state index contributed by atoms with van der Waals surface area (Å²) < 4.78 is 0. The van der Waals surface area contributed by atoms with Crippen molar-refractivity contribution in [3.05, 3.63) is 0 Å². The van der Waals surface area contributed by atoms with Crippen molar-refractivity contribution < 1.29 is 61.5 Å². The molecular weight excluding hydrogens is 608 g/mol. The van der Waals surface area contributed by atoms with Gasteiger partial charge in [-0.25, -0.2) is 0 Å². The summed E-state index contributed by atoms with van der Waals surface area (Å²) in [6.45, 7) is 0. The Kier molecular flexibility index (Phi) is 3080. The molecule has 0 aromatic carbocycles. The average Bonchev–Trinajstić information content (AvgIpc) is 0. The topological polar surface area (TPSA) is 142 Å². The zero-order chi connectivity index (χ0) is 0. The van der Waals surface area contributed by atoms with Crippen LogP contribution in [0, 0.1) is 0 Å². The van der Waals surface area contributed by atoms with Crippen LogP contribution in [0.1, 0.15) is 0 Å². The van der Waals surface area contributed by atoms with E-state index < -0.39 is 0 Å². The van der Waals surface area contributed by atoms with Crippen LogP contribution in [0.2, 0.25) is 0 Å². The van der Waals surface area contributed by atoms with Gasteiger partial charge in [0.2, 0.25) is 0 Å². The second-order valence-electron chi connectivity index (χ2n) is 0. The van der Waals surface area contributed by atoms with Gasteiger partial charge in [-0.05, 0) is 0 Å². The first-order valence-electron chi connectivity index (χ1n) is 0. The maximum atomic E-state index is 0. The van der Waals surface area contributed by atoms with E-state index in [0.29, 0.717) is 0 Å². The van der Waals surface area contributed by atoms with Crippen LogP contribution >= 0.6 is 0 Å². The van der Waals surface area contributed by atoms with Crippen LogP contribution in [0.25, 0.3) is 0 Å². The van der Waals surface area contributed by atoms with Crippen molar-refractivity contribution in [2.75, 3.05) is 0 Å². The molecule has 0 aliphatic heterocycles. The molecule has 0 aromatic heterocycles. The molecule has 6 radical (unpaired) electrons. The molecule has 0 rings (SSSR count). The Bertz CT molecular complexity index is 12.9. The summed E-state index contributed by atoms with van der Waals surface area (Å²) in [5.74, 6) is 0. The van der Waals surface area contributed by atoms with Crippen LogP contribution in [-0.2, 0) is 61.5 Å². The van der Waals surface area contributed by atoms with Crippen molar-refractivity contribution in [3.63, 3.8) is 0 Å². The summed E-state index contributed by atoms with van der Waals surface area (Å²) in [4.78, 5) is 0. The third-order valence-electron chi connectivity index (χ3n) is 0. The van der Waals surface area contributed by atoms with Gasteiger partial charge in [0.1, 0.15) is 0 Å². The van der Waals surface area contributed by atoms with Gasteiger partial charge in [-0.2, -0.15) is 0 Å². The van der Waals surface area contributed by atoms with E-state index in [1.165, 1.54) is 0 Å².